The van der Waals surface area contributed by atoms with Crippen molar-refractivity contribution in [1.29, 1.82) is 0 Å². The van der Waals surface area contributed by atoms with Gasteiger partial charge in [0.25, 0.3) is 11.8 Å². The number of fused-ring (bicyclic) bond motifs is 4. The van der Waals surface area contributed by atoms with Crippen molar-refractivity contribution >= 4 is 64.2 Å². The number of phenolic OH excluding ortho intramolecular Hbond substituents is 1. The molecule has 7 rings (SSSR count). The summed E-state index contributed by atoms with van der Waals surface area (Å²) in [5, 5.41) is 11.2. The first-order valence-corrected chi connectivity index (χ1v) is 17.7. The van der Waals surface area contributed by atoms with Gasteiger partial charge in [0.15, 0.2) is 17.3 Å². The van der Waals surface area contributed by atoms with Crippen LogP contribution in [0.1, 0.15) is 56.2 Å². The standard InChI is InChI=1S/C37H32Cl3F3N4O6/c1-35(2,3)46-31(49)21-10-9-20-22(27(21)33(46)51)14-23-32(50)47(45-30-25(40)13-18(15-44-30)37(41,42)43)34(52)36(23,17-5-7-19(38)8-6-17)28(20)16-11-24(39)29(48)26(12-16)53-4/h5-9,11-13,15,21-23,27-28,48H,10,14H2,1-4H3,(H,44,45)/t21-,22+,23-,27-,28-,36+/m0/s1. The molecule has 4 aliphatic rings. The molecular formula is C37H32Cl3F3N4O6. The van der Waals surface area contributed by atoms with Crippen molar-refractivity contribution in [2.24, 2.45) is 23.7 Å². The topological polar surface area (TPSA) is 129 Å². The number of methoxy groups -OCH3 is 1. The van der Waals surface area contributed by atoms with E-state index in [-0.39, 0.29) is 41.1 Å². The van der Waals surface area contributed by atoms with Crippen LogP contribution in [0.25, 0.3) is 0 Å². The Balaban J connectivity index is 1.47. The number of rotatable bonds is 5. The summed E-state index contributed by atoms with van der Waals surface area (Å²) < 4.78 is 45.8. The molecule has 3 aromatic rings. The average Bonchev–Trinajstić information content (AvgIpc) is 3.47. The smallest absolute Gasteiger partial charge is 0.417 e. The maximum absolute atomic E-state index is 15.3. The number of nitrogens with one attached hydrogen (secondary N) is 1. The molecule has 0 spiro atoms. The molecule has 4 amide bonds. The molecular weight excluding hydrogens is 760 g/mol. The number of carbonyl (C=O) groups is 4. The number of hydrogen-bond donors (Lipinski definition) is 2. The highest BCUT2D eigenvalue weighted by Crippen LogP contribution is 2.65. The van der Waals surface area contributed by atoms with Gasteiger partial charge in [-0.1, -0.05) is 58.6 Å². The third-order valence-corrected chi connectivity index (χ3v) is 11.7. The first-order valence-electron chi connectivity index (χ1n) is 16.6. The van der Waals surface area contributed by atoms with Crippen molar-refractivity contribution in [2.75, 3.05) is 12.5 Å². The number of alkyl halides is 3. The lowest BCUT2D eigenvalue weighted by Gasteiger charge is -2.50. The average molecular weight is 792 g/mol. The second-order valence-electron chi connectivity index (χ2n) is 14.7. The van der Waals surface area contributed by atoms with Crippen LogP contribution in [0, 0.1) is 23.7 Å². The van der Waals surface area contributed by atoms with Gasteiger partial charge in [0, 0.05) is 22.7 Å². The Hall–Kier alpha value is -4.33. The van der Waals surface area contributed by atoms with Crippen molar-refractivity contribution in [1.82, 2.24) is 14.9 Å². The van der Waals surface area contributed by atoms with Gasteiger partial charge < -0.3 is 9.84 Å². The van der Waals surface area contributed by atoms with Crippen LogP contribution in [-0.2, 0) is 30.8 Å². The Bertz CT molecular complexity index is 2120. The molecule has 6 atom stereocenters. The summed E-state index contributed by atoms with van der Waals surface area (Å²) in [7, 11) is 1.32. The monoisotopic (exact) mass is 790 g/mol. The van der Waals surface area contributed by atoms with Crippen molar-refractivity contribution in [3.63, 3.8) is 0 Å². The van der Waals surface area contributed by atoms with E-state index in [9.17, 15) is 32.7 Å². The molecule has 0 unspecified atom stereocenters. The van der Waals surface area contributed by atoms with E-state index in [1.807, 2.05) is 6.08 Å². The van der Waals surface area contributed by atoms with E-state index in [1.165, 1.54) is 24.1 Å². The van der Waals surface area contributed by atoms with E-state index in [1.54, 1.807) is 45.0 Å². The summed E-state index contributed by atoms with van der Waals surface area (Å²) >= 11 is 19.1. The highest BCUT2D eigenvalue weighted by atomic mass is 35.5. The predicted molar refractivity (Wildman–Crippen MR) is 188 cm³/mol. The quantitative estimate of drug-likeness (QED) is 0.200. The molecule has 0 bridgehead atoms. The number of anilines is 1. The first-order chi connectivity index (χ1) is 24.8. The number of imide groups is 2. The van der Waals surface area contributed by atoms with Crippen LogP contribution in [0.3, 0.4) is 0 Å². The number of hydrazine groups is 1. The molecule has 53 heavy (non-hydrogen) atoms. The number of aromatic nitrogens is 1. The fraction of sp³-hybridized carbons (Fsp3) is 0.378. The number of likely N-dealkylation sites (tertiary alicyclic amines) is 1. The van der Waals surface area contributed by atoms with Crippen molar-refractivity contribution in [3.8, 4) is 11.5 Å². The number of ether oxygens (including phenoxy) is 1. The molecule has 16 heteroatoms. The zero-order chi connectivity index (χ0) is 38.5. The summed E-state index contributed by atoms with van der Waals surface area (Å²) in [5.41, 5.74) is 0.157. The lowest BCUT2D eigenvalue weighted by molar-refractivity contribution is -0.146. The van der Waals surface area contributed by atoms with Crippen LogP contribution in [0.15, 0.2) is 60.3 Å². The Kier molecular flexibility index (Phi) is 8.82. The van der Waals surface area contributed by atoms with E-state index >= 15 is 4.79 Å². The van der Waals surface area contributed by atoms with Gasteiger partial charge in [-0.25, -0.2) is 4.98 Å². The number of benzene rings is 2. The molecule has 2 aliphatic carbocycles. The fourth-order valence-electron chi connectivity index (χ4n) is 8.73. The van der Waals surface area contributed by atoms with Gasteiger partial charge in [0.05, 0.1) is 45.9 Å². The maximum atomic E-state index is 15.3. The molecule has 1 saturated carbocycles. The lowest BCUT2D eigenvalue weighted by atomic mass is 9.49. The van der Waals surface area contributed by atoms with Gasteiger partial charge in [0.2, 0.25) is 11.8 Å². The fourth-order valence-corrected chi connectivity index (χ4v) is 9.29. The molecule has 278 valence electrons. The number of phenols is 1. The Morgan fingerprint density at radius 1 is 0.943 bits per heavy atom. The van der Waals surface area contributed by atoms with Crippen LogP contribution in [0.4, 0.5) is 19.0 Å². The Labute approximate surface area is 316 Å². The summed E-state index contributed by atoms with van der Waals surface area (Å²) in [6, 6.07) is 9.92. The van der Waals surface area contributed by atoms with E-state index < -0.39 is 75.0 Å². The largest absolute Gasteiger partial charge is 0.503 e. The van der Waals surface area contributed by atoms with Crippen LogP contribution < -0.4 is 10.2 Å². The minimum Gasteiger partial charge on any atom is -0.503 e. The normalized spacial score (nSPS) is 27.1. The highest BCUT2D eigenvalue weighted by molar-refractivity contribution is 6.33. The minimum absolute atomic E-state index is 0.0229. The number of halogens is 6. The van der Waals surface area contributed by atoms with E-state index in [0.29, 0.717) is 39.0 Å². The number of nitrogens with zero attached hydrogens (tertiary/aromatic N) is 3. The predicted octanol–water partition coefficient (Wildman–Crippen LogP) is 7.56. The number of aromatic hydroxyl groups is 1. The third-order valence-electron chi connectivity index (χ3n) is 10.8. The number of carbonyl (C=O) groups excluding carboxylic acids is 4. The lowest BCUT2D eigenvalue weighted by Crippen LogP contribution is -2.53. The zero-order valence-corrected chi connectivity index (χ0v) is 30.9. The van der Waals surface area contributed by atoms with Gasteiger partial charge in [-0.2, -0.15) is 18.2 Å². The Morgan fingerprint density at radius 3 is 2.23 bits per heavy atom. The van der Waals surface area contributed by atoms with Crippen molar-refractivity contribution in [2.45, 2.75) is 56.7 Å². The SMILES string of the molecule is COc1cc([C@H]2C3=CC[C@@H]4C(=O)N(C(C)(C)C)C(=O)[C@@H]4[C@@H]3C[C@H]3C(=O)N(Nc4ncc(C(F)(F)F)cc4Cl)C(=O)[C@@]23c2ccc(Cl)cc2)cc(Cl)c1O. The second-order valence-corrected chi connectivity index (χ2v) is 15.9. The van der Waals surface area contributed by atoms with Crippen LogP contribution in [0.2, 0.25) is 15.1 Å². The van der Waals surface area contributed by atoms with Crippen LogP contribution >= 0.6 is 34.8 Å². The van der Waals surface area contributed by atoms with E-state index in [2.05, 4.69) is 10.4 Å². The van der Waals surface area contributed by atoms with Gasteiger partial charge in [-0.15, -0.1) is 0 Å². The summed E-state index contributed by atoms with van der Waals surface area (Å²) in [6.45, 7) is 5.28. The van der Waals surface area contributed by atoms with Gasteiger partial charge in [0.1, 0.15) is 0 Å². The summed E-state index contributed by atoms with van der Waals surface area (Å²) in [5.74, 6) is -7.61. The number of hydrogen-bond acceptors (Lipinski definition) is 8. The molecule has 3 heterocycles. The van der Waals surface area contributed by atoms with E-state index in [0.717, 1.165) is 0 Å². The third kappa shape index (κ3) is 5.56. The number of amides is 4. The van der Waals surface area contributed by atoms with Crippen molar-refractivity contribution in [3.05, 3.63) is 92.1 Å². The molecule has 2 aliphatic heterocycles. The summed E-state index contributed by atoms with van der Waals surface area (Å²) in [6.07, 6.45) is -2.27. The molecule has 1 aromatic heterocycles. The second kappa shape index (κ2) is 12.6. The van der Waals surface area contributed by atoms with E-state index in [4.69, 9.17) is 39.5 Å². The Morgan fingerprint density at radius 2 is 1.62 bits per heavy atom. The minimum atomic E-state index is -4.76. The molecule has 2 aromatic carbocycles. The molecule has 0 radical (unpaired) electrons. The zero-order valence-electron chi connectivity index (χ0n) is 28.6. The molecule has 10 nitrogen and oxygen atoms in total. The van der Waals surface area contributed by atoms with Gasteiger partial charge in [-0.3, -0.25) is 29.5 Å². The number of allylic oxidation sites excluding steroid dienone is 2. The molecule has 3 fully saturated rings. The van der Waals surface area contributed by atoms with Crippen molar-refractivity contribution < 1.29 is 42.2 Å². The van der Waals surface area contributed by atoms with Gasteiger partial charge in [-0.05, 0) is 81.0 Å². The van der Waals surface area contributed by atoms with Gasteiger partial charge >= 0.3 is 6.18 Å². The maximum Gasteiger partial charge on any atom is 0.417 e. The highest BCUT2D eigenvalue weighted by Gasteiger charge is 2.70. The molecule has 2 saturated heterocycles. The summed E-state index contributed by atoms with van der Waals surface area (Å²) in [4.78, 5) is 63.2. The first kappa shape index (κ1) is 37.0. The van der Waals surface area contributed by atoms with Crippen LogP contribution in [-0.4, -0.2) is 56.3 Å². The molecule has 2 N–H and O–H groups in total. The van der Waals surface area contributed by atoms with Crippen LogP contribution in [0.5, 0.6) is 11.5 Å². The number of pyridine rings is 1.